The lowest BCUT2D eigenvalue weighted by atomic mass is 10.1. The maximum atomic E-state index is 6.21. The first-order valence-electron chi connectivity index (χ1n) is 6.34. The summed E-state index contributed by atoms with van der Waals surface area (Å²) in [4.78, 5) is 4.11. The normalized spacial score (nSPS) is 10.8. The van der Waals surface area contributed by atoms with Crippen molar-refractivity contribution in [3.63, 3.8) is 0 Å². The SMILES string of the molecule is Clc1cc(Br)cc(Cl)c1NCc1ccc2cnccc2c1. The molecule has 5 heteroatoms. The fourth-order valence-electron chi connectivity index (χ4n) is 2.14. The van der Waals surface area contributed by atoms with Crippen LogP contribution in [-0.2, 0) is 6.54 Å². The van der Waals surface area contributed by atoms with Gasteiger partial charge in [0.05, 0.1) is 15.7 Å². The van der Waals surface area contributed by atoms with E-state index in [1.165, 1.54) is 0 Å². The van der Waals surface area contributed by atoms with Gasteiger partial charge in [-0.1, -0.05) is 51.3 Å². The van der Waals surface area contributed by atoms with Gasteiger partial charge < -0.3 is 5.32 Å². The Kier molecular flexibility index (Phi) is 4.34. The summed E-state index contributed by atoms with van der Waals surface area (Å²) in [5, 5.41) is 6.77. The van der Waals surface area contributed by atoms with Crippen LogP contribution in [0.2, 0.25) is 10.0 Å². The molecule has 1 N–H and O–H groups in total. The zero-order chi connectivity index (χ0) is 14.8. The van der Waals surface area contributed by atoms with E-state index in [1.807, 2.05) is 24.4 Å². The number of aromatic nitrogens is 1. The topological polar surface area (TPSA) is 24.9 Å². The van der Waals surface area contributed by atoms with Crippen molar-refractivity contribution in [3.8, 4) is 0 Å². The first-order valence-corrected chi connectivity index (χ1v) is 7.89. The van der Waals surface area contributed by atoms with Crippen LogP contribution in [0.15, 0.2) is 53.3 Å². The van der Waals surface area contributed by atoms with Gasteiger partial charge in [0.25, 0.3) is 0 Å². The third kappa shape index (κ3) is 3.31. The third-order valence-electron chi connectivity index (χ3n) is 3.18. The van der Waals surface area contributed by atoms with Crippen molar-refractivity contribution in [3.05, 3.63) is 68.9 Å². The van der Waals surface area contributed by atoms with Crippen LogP contribution >= 0.6 is 39.1 Å². The molecule has 0 saturated carbocycles. The fourth-order valence-corrected chi connectivity index (χ4v) is 3.49. The minimum Gasteiger partial charge on any atom is -0.379 e. The molecule has 2 aromatic carbocycles. The second kappa shape index (κ2) is 6.22. The predicted molar refractivity (Wildman–Crippen MR) is 93.2 cm³/mol. The first kappa shape index (κ1) is 14.6. The van der Waals surface area contributed by atoms with Crippen LogP contribution in [0.25, 0.3) is 10.8 Å². The number of nitrogens with zero attached hydrogens (tertiary/aromatic N) is 1. The minimum absolute atomic E-state index is 0.597. The molecule has 0 aliphatic rings. The summed E-state index contributed by atoms with van der Waals surface area (Å²) < 4.78 is 0.862. The highest BCUT2D eigenvalue weighted by Gasteiger charge is 2.07. The largest absolute Gasteiger partial charge is 0.379 e. The predicted octanol–water partition coefficient (Wildman–Crippen LogP) is 5.92. The standard InChI is InChI=1S/C16H11BrCl2N2/c17-13-6-14(18)16(15(19)7-13)21-8-10-1-2-12-9-20-4-3-11(12)5-10/h1-7,9,21H,8H2. The lowest BCUT2D eigenvalue weighted by Gasteiger charge is -2.11. The highest BCUT2D eigenvalue weighted by atomic mass is 79.9. The second-order valence-corrected chi connectivity index (χ2v) is 6.39. The van der Waals surface area contributed by atoms with E-state index in [0.29, 0.717) is 16.6 Å². The number of rotatable bonds is 3. The van der Waals surface area contributed by atoms with Crippen molar-refractivity contribution in [2.45, 2.75) is 6.54 Å². The highest BCUT2D eigenvalue weighted by Crippen LogP contribution is 2.34. The zero-order valence-electron chi connectivity index (χ0n) is 10.9. The number of hydrogen-bond acceptors (Lipinski definition) is 2. The maximum Gasteiger partial charge on any atom is 0.0722 e. The molecule has 3 rings (SSSR count). The van der Waals surface area contributed by atoms with Crippen molar-refractivity contribution in [1.82, 2.24) is 4.98 Å². The van der Waals surface area contributed by atoms with Gasteiger partial charge in [-0.3, -0.25) is 4.98 Å². The van der Waals surface area contributed by atoms with Gasteiger partial charge in [0.2, 0.25) is 0 Å². The van der Waals surface area contributed by atoms with E-state index in [4.69, 9.17) is 23.2 Å². The van der Waals surface area contributed by atoms with Crippen LogP contribution in [0, 0.1) is 0 Å². The molecule has 0 fully saturated rings. The van der Waals surface area contributed by atoms with E-state index < -0.39 is 0 Å². The Labute approximate surface area is 141 Å². The van der Waals surface area contributed by atoms with E-state index >= 15 is 0 Å². The third-order valence-corrected chi connectivity index (χ3v) is 4.24. The van der Waals surface area contributed by atoms with Gasteiger partial charge in [0.1, 0.15) is 0 Å². The molecule has 0 aliphatic carbocycles. The summed E-state index contributed by atoms with van der Waals surface area (Å²) in [6.45, 7) is 0.652. The Morgan fingerprint density at radius 2 is 1.76 bits per heavy atom. The van der Waals surface area contributed by atoms with Crippen molar-refractivity contribution < 1.29 is 0 Å². The van der Waals surface area contributed by atoms with E-state index in [-0.39, 0.29) is 0 Å². The first-order chi connectivity index (χ1) is 10.1. The van der Waals surface area contributed by atoms with E-state index in [2.05, 4.69) is 44.4 Å². The summed E-state index contributed by atoms with van der Waals surface area (Å²) in [5.41, 5.74) is 1.90. The molecule has 0 amide bonds. The molecule has 21 heavy (non-hydrogen) atoms. The molecule has 1 heterocycles. The molecule has 2 nitrogen and oxygen atoms in total. The summed E-state index contributed by atoms with van der Waals surface area (Å²) >= 11 is 15.8. The molecule has 0 saturated heterocycles. The molecule has 0 unspecified atom stereocenters. The van der Waals surface area contributed by atoms with Crippen molar-refractivity contribution in [1.29, 1.82) is 0 Å². The molecule has 0 bridgehead atoms. The van der Waals surface area contributed by atoms with Crippen molar-refractivity contribution in [2.24, 2.45) is 0 Å². The summed E-state index contributed by atoms with van der Waals surface area (Å²) in [6.07, 6.45) is 3.65. The van der Waals surface area contributed by atoms with Gasteiger partial charge in [-0.15, -0.1) is 0 Å². The smallest absolute Gasteiger partial charge is 0.0722 e. The van der Waals surface area contributed by atoms with Crippen LogP contribution in [-0.4, -0.2) is 4.98 Å². The average molecular weight is 382 g/mol. The molecule has 0 spiro atoms. The van der Waals surface area contributed by atoms with E-state index in [1.54, 1.807) is 6.20 Å². The molecule has 1 aromatic heterocycles. The van der Waals surface area contributed by atoms with Crippen LogP contribution in [0.4, 0.5) is 5.69 Å². The number of halogens is 3. The molecule has 0 atom stereocenters. The fraction of sp³-hybridized carbons (Fsp3) is 0.0625. The lowest BCUT2D eigenvalue weighted by molar-refractivity contribution is 1.15. The molecular weight excluding hydrogens is 371 g/mol. The minimum atomic E-state index is 0.597. The lowest BCUT2D eigenvalue weighted by Crippen LogP contribution is -2.00. The Morgan fingerprint density at radius 1 is 1.00 bits per heavy atom. The van der Waals surface area contributed by atoms with E-state index in [9.17, 15) is 0 Å². The molecule has 0 radical (unpaired) electrons. The molecule has 106 valence electrons. The number of nitrogens with one attached hydrogen (secondary N) is 1. The number of benzene rings is 2. The van der Waals surface area contributed by atoms with Gasteiger partial charge in [0.15, 0.2) is 0 Å². The van der Waals surface area contributed by atoms with Gasteiger partial charge >= 0.3 is 0 Å². The Hall–Kier alpha value is -1.29. The van der Waals surface area contributed by atoms with Gasteiger partial charge in [-0.05, 0) is 35.2 Å². The number of pyridine rings is 1. The molecular formula is C16H11BrCl2N2. The summed E-state index contributed by atoms with van der Waals surface area (Å²) in [7, 11) is 0. The van der Waals surface area contributed by atoms with Crippen molar-refractivity contribution >= 4 is 55.6 Å². The molecule has 0 aliphatic heterocycles. The van der Waals surface area contributed by atoms with Crippen LogP contribution < -0.4 is 5.32 Å². The Balaban J connectivity index is 1.83. The second-order valence-electron chi connectivity index (χ2n) is 4.66. The Morgan fingerprint density at radius 3 is 2.52 bits per heavy atom. The number of anilines is 1. The number of fused-ring (bicyclic) bond motifs is 1. The van der Waals surface area contributed by atoms with Gasteiger partial charge in [0, 0.05) is 28.8 Å². The van der Waals surface area contributed by atoms with Gasteiger partial charge in [-0.2, -0.15) is 0 Å². The summed E-state index contributed by atoms with van der Waals surface area (Å²) in [5.74, 6) is 0. The Bertz CT molecular complexity index is 782. The van der Waals surface area contributed by atoms with Crippen LogP contribution in [0.1, 0.15) is 5.56 Å². The van der Waals surface area contributed by atoms with Crippen LogP contribution in [0.3, 0.4) is 0 Å². The highest BCUT2D eigenvalue weighted by molar-refractivity contribution is 9.10. The monoisotopic (exact) mass is 380 g/mol. The zero-order valence-corrected chi connectivity index (χ0v) is 14.0. The molecule has 3 aromatic rings. The average Bonchev–Trinajstić information content (AvgIpc) is 2.46. The van der Waals surface area contributed by atoms with E-state index in [0.717, 1.165) is 26.5 Å². The summed E-state index contributed by atoms with van der Waals surface area (Å²) in [6, 6.07) is 11.9. The van der Waals surface area contributed by atoms with Crippen LogP contribution in [0.5, 0.6) is 0 Å². The maximum absolute atomic E-state index is 6.21. The van der Waals surface area contributed by atoms with Crippen molar-refractivity contribution in [2.75, 3.05) is 5.32 Å². The number of hydrogen-bond donors (Lipinski definition) is 1. The van der Waals surface area contributed by atoms with Gasteiger partial charge in [-0.25, -0.2) is 0 Å². The quantitative estimate of drug-likeness (QED) is 0.609.